The van der Waals surface area contributed by atoms with Gasteiger partial charge in [0, 0.05) is 5.69 Å². The Balaban J connectivity index is 2.27. The number of aryl methyl sites for hydroxylation is 2. The molecule has 0 atom stereocenters. The minimum atomic E-state index is 0.630. The quantitative estimate of drug-likeness (QED) is 0.858. The number of nitrogens with one attached hydrogen (secondary N) is 1. The molecule has 2 aromatic rings. The molecule has 0 radical (unpaired) electrons. The van der Waals surface area contributed by atoms with Gasteiger partial charge in [-0.3, -0.25) is 0 Å². The number of nitrogens with zero attached hydrogens (tertiary/aromatic N) is 2. The minimum Gasteiger partial charge on any atom is -0.345 e. The highest BCUT2D eigenvalue weighted by Crippen LogP contribution is 2.27. The molecule has 0 spiro atoms. The fraction of sp³-hybridized carbons (Fsp3) is 0.167. The second-order valence-electron chi connectivity index (χ2n) is 3.57. The Labute approximate surface area is 98.5 Å². The summed E-state index contributed by atoms with van der Waals surface area (Å²) in [6, 6.07) is 10.2. The first-order valence-corrected chi connectivity index (χ1v) is 5.68. The summed E-state index contributed by atoms with van der Waals surface area (Å²) < 4.78 is 4.16. The van der Waals surface area contributed by atoms with Crippen molar-refractivity contribution in [3.63, 3.8) is 0 Å². The lowest BCUT2D eigenvalue weighted by atomic mass is 10.2. The van der Waals surface area contributed by atoms with Crippen molar-refractivity contribution >= 4 is 22.2 Å². The molecule has 0 aliphatic carbocycles. The minimum absolute atomic E-state index is 0.630. The van der Waals surface area contributed by atoms with Crippen molar-refractivity contribution in [3.8, 4) is 6.07 Å². The van der Waals surface area contributed by atoms with Crippen molar-refractivity contribution in [1.82, 2.24) is 4.37 Å². The Morgan fingerprint density at radius 2 is 1.94 bits per heavy atom. The molecule has 4 heteroatoms. The van der Waals surface area contributed by atoms with E-state index in [1.54, 1.807) is 0 Å². The third-order valence-corrected chi connectivity index (χ3v) is 3.14. The highest BCUT2D eigenvalue weighted by atomic mass is 32.1. The summed E-state index contributed by atoms with van der Waals surface area (Å²) in [5.74, 6) is 0. The Kier molecular flexibility index (Phi) is 2.88. The van der Waals surface area contributed by atoms with Gasteiger partial charge in [0.15, 0.2) is 0 Å². The molecule has 16 heavy (non-hydrogen) atoms. The lowest BCUT2D eigenvalue weighted by Gasteiger charge is -2.03. The van der Waals surface area contributed by atoms with Crippen LogP contribution in [0.3, 0.4) is 0 Å². The average molecular weight is 229 g/mol. The van der Waals surface area contributed by atoms with Crippen LogP contribution in [0.25, 0.3) is 0 Å². The molecule has 0 bridgehead atoms. The van der Waals surface area contributed by atoms with Gasteiger partial charge in [-0.2, -0.15) is 9.64 Å². The molecule has 2 rings (SSSR count). The van der Waals surface area contributed by atoms with E-state index in [9.17, 15) is 0 Å². The van der Waals surface area contributed by atoms with Crippen molar-refractivity contribution in [2.24, 2.45) is 0 Å². The summed E-state index contributed by atoms with van der Waals surface area (Å²) in [6.45, 7) is 3.89. The van der Waals surface area contributed by atoms with Crippen LogP contribution in [0.4, 0.5) is 10.7 Å². The highest BCUT2D eigenvalue weighted by molar-refractivity contribution is 7.10. The zero-order chi connectivity index (χ0) is 11.5. The zero-order valence-corrected chi connectivity index (χ0v) is 9.93. The lowest BCUT2D eigenvalue weighted by Crippen LogP contribution is -1.90. The second-order valence-corrected chi connectivity index (χ2v) is 4.35. The van der Waals surface area contributed by atoms with Crippen molar-refractivity contribution in [1.29, 1.82) is 5.26 Å². The van der Waals surface area contributed by atoms with Gasteiger partial charge in [0.25, 0.3) is 0 Å². The molecule has 1 N–H and O–H groups in total. The first kappa shape index (κ1) is 10.7. The summed E-state index contributed by atoms with van der Waals surface area (Å²) in [7, 11) is 0. The number of hydrogen-bond donors (Lipinski definition) is 1. The number of anilines is 2. The molecule has 0 saturated carbocycles. The van der Waals surface area contributed by atoms with Crippen molar-refractivity contribution < 1.29 is 0 Å². The second kappa shape index (κ2) is 4.33. The van der Waals surface area contributed by atoms with E-state index in [0.717, 1.165) is 16.4 Å². The maximum Gasteiger partial charge on any atom is 0.132 e. The summed E-state index contributed by atoms with van der Waals surface area (Å²) in [6.07, 6.45) is 0. The first-order valence-electron chi connectivity index (χ1n) is 4.91. The van der Waals surface area contributed by atoms with Crippen LogP contribution >= 0.6 is 11.5 Å². The smallest absolute Gasteiger partial charge is 0.132 e. The molecule has 1 aromatic carbocycles. The first-order chi connectivity index (χ1) is 7.70. The van der Waals surface area contributed by atoms with Crippen LogP contribution in [0.1, 0.15) is 16.8 Å². The highest BCUT2D eigenvalue weighted by Gasteiger charge is 2.09. The Bertz CT molecular complexity index is 534. The lowest BCUT2D eigenvalue weighted by molar-refractivity contribution is 1.31. The monoisotopic (exact) mass is 229 g/mol. The number of aromatic nitrogens is 1. The molecule has 1 heterocycles. The van der Waals surface area contributed by atoms with Crippen LogP contribution in [0.15, 0.2) is 24.3 Å². The third-order valence-electron chi connectivity index (χ3n) is 2.28. The van der Waals surface area contributed by atoms with Gasteiger partial charge < -0.3 is 5.32 Å². The van der Waals surface area contributed by atoms with E-state index in [4.69, 9.17) is 5.26 Å². The molecule has 0 amide bonds. The average Bonchev–Trinajstić information content (AvgIpc) is 2.63. The van der Waals surface area contributed by atoms with Crippen molar-refractivity contribution in [2.45, 2.75) is 13.8 Å². The molecule has 1 aromatic heterocycles. The van der Waals surface area contributed by atoms with Crippen LogP contribution in [-0.2, 0) is 0 Å². The van der Waals surface area contributed by atoms with Crippen molar-refractivity contribution in [3.05, 3.63) is 41.1 Å². The molecule has 3 nitrogen and oxygen atoms in total. The Morgan fingerprint density at radius 1 is 1.25 bits per heavy atom. The van der Waals surface area contributed by atoms with E-state index in [1.165, 1.54) is 17.1 Å². The van der Waals surface area contributed by atoms with Gasteiger partial charge in [-0.1, -0.05) is 17.7 Å². The van der Waals surface area contributed by atoms with Crippen LogP contribution in [0.5, 0.6) is 0 Å². The van der Waals surface area contributed by atoms with Crippen molar-refractivity contribution in [2.75, 3.05) is 5.32 Å². The maximum absolute atomic E-state index is 8.99. The predicted molar refractivity (Wildman–Crippen MR) is 66.0 cm³/mol. The topological polar surface area (TPSA) is 48.7 Å². The van der Waals surface area contributed by atoms with Gasteiger partial charge in [-0.05, 0) is 37.5 Å². The normalized spacial score (nSPS) is 9.81. The van der Waals surface area contributed by atoms with Gasteiger partial charge in [0.1, 0.15) is 16.6 Å². The molecule has 0 saturated heterocycles. The van der Waals surface area contributed by atoms with E-state index in [2.05, 4.69) is 15.8 Å². The fourth-order valence-corrected chi connectivity index (χ4v) is 2.12. The molecule has 0 aliphatic heterocycles. The van der Waals surface area contributed by atoms with E-state index in [1.807, 2.05) is 38.1 Å². The van der Waals surface area contributed by atoms with Gasteiger partial charge in [-0.25, -0.2) is 0 Å². The van der Waals surface area contributed by atoms with E-state index < -0.39 is 0 Å². The molecular formula is C12H11N3S. The zero-order valence-electron chi connectivity index (χ0n) is 9.11. The maximum atomic E-state index is 8.99. The predicted octanol–water partition coefficient (Wildman–Crippen LogP) is 3.38. The SMILES string of the molecule is Cc1ccc(Nc2snc(C)c2C#N)cc1. The van der Waals surface area contributed by atoms with Crippen LogP contribution in [0.2, 0.25) is 0 Å². The molecule has 0 unspecified atom stereocenters. The number of hydrogen-bond acceptors (Lipinski definition) is 4. The Hall–Kier alpha value is -1.86. The van der Waals surface area contributed by atoms with E-state index in [-0.39, 0.29) is 0 Å². The summed E-state index contributed by atoms with van der Waals surface area (Å²) in [5, 5.41) is 13.0. The number of benzene rings is 1. The molecular weight excluding hydrogens is 218 g/mol. The fourth-order valence-electron chi connectivity index (χ4n) is 1.35. The molecule has 0 aliphatic rings. The summed E-state index contributed by atoms with van der Waals surface area (Å²) in [5.41, 5.74) is 3.60. The van der Waals surface area contributed by atoms with Gasteiger partial charge in [-0.15, -0.1) is 0 Å². The van der Waals surface area contributed by atoms with Crippen LogP contribution < -0.4 is 5.32 Å². The van der Waals surface area contributed by atoms with Crippen LogP contribution in [0, 0.1) is 25.2 Å². The van der Waals surface area contributed by atoms with E-state index in [0.29, 0.717) is 5.56 Å². The number of nitriles is 1. The van der Waals surface area contributed by atoms with Gasteiger partial charge in [0.05, 0.1) is 5.69 Å². The largest absolute Gasteiger partial charge is 0.345 e. The molecule has 80 valence electrons. The Morgan fingerprint density at radius 3 is 2.56 bits per heavy atom. The van der Waals surface area contributed by atoms with Gasteiger partial charge in [0.2, 0.25) is 0 Å². The summed E-state index contributed by atoms with van der Waals surface area (Å²) >= 11 is 1.32. The third kappa shape index (κ3) is 2.05. The standard InChI is InChI=1S/C12H11N3S/c1-8-3-5-10(6-4-8)14-12-11(7-13)9(2)15-16-12/h3-6,14H,1-2H3. The molecule has 0 fully saturated rings. The van der Waals surface area contributed by atoms with Crippen LogP contribution in [-0.4, -0.2) is 4.37 Å². The van der Waals surface area contributed by atoms with E-state index >= 15 is 0 Å². The van der Waals surface area contributed by atoms with Gasteiger partial charge >= 0.3 is 0 Å². The number of rotatable bonds is 2. The summed E-state index contributed by atoms with van der Waals surface area (Å²) in [4.78, 5) is 0.